The van der Waals surface area contributed by atoms with Gasteiger partial charge in [-0.2, -0.15) is 5.26 Å². The molecule has 13 heavy (non-hydrogen) atoms. The fourth-order valence-corrected chi connectivity index (χ4v) is 1.16. The standard InChI is InChI=1S/C9H13NOS2/c1-9(2,3)7(11)6(5-10)8(12)13-4/h11H,1-4H3. The molecule has 0 saturated heterocycles. The Labute approximate surface area is 88.6 Å². The third kappa shape index (κ3) is 3.37. The van der Waals surface area contributed by atoms with Crippen LogP contribution in [0.25, 0.3) is 0 Å². The highest BCUT2D eigenvalue weighted by molar-refractivity contribution is 8.23. The first-order valence-corrected chi connectivity index (χ1v) is 5.40. The lowest BCUT2D eigenvalue weighted by Crippen LogP contribution is -2.13. The van der Waals surface area contributed by atoms with Gasteiger partial charge in [0.05, 0.1) is 4.20 Å². The molecule has 0 atom stereocenters. The van der Waals surface area contributed by atoms with E-state index in [-0.39, 0.29) is 11.3 Å². The van der Waals surface area contributed by atoms with Crippen molar-refractivity contribution in [2.45, 2.75) is 20.8 Å². The highest BCUT2D eigenvalue weighted by atomic mass is 32.2. The summed E-state index contributed by atoms with van der Waals surface area (Å²) in [6.45, 7) is 5.51. The van der Waals surface area contributed by atoms with Crippen LogP contribution < -0.4 is 0 Å². The second-order valence-electron chi connectivity index (χ2n) is 3.58. The zero-order valence-corrected chi connectivity index (χ0v) is 9.84. The average Bonchev–Trinajstić information content (AvgIpc) is 2.03. The van der Waals surface area contributed by atoms with Gasteiger partial charge in [-0.1, -0.05) is 33.0 Å². The Morgan fingerprint density at radius 3 is 2.15 bits per heavy atom. The van der Waals surface area contributed by atoms with Gasteiger partial charge in [0, 0.05) is 5.41 Å². The highest BCUT2D eigenvalue weighted by Crippen LogP contribution is 2.27. The van der Waals surface area contributed by atoms with Crippen molar-refractivity contribution in [3.63, 3.8) is 0 Å². The molecule has 1 N–H and O–H groups in total. The second-order valence-corrected chi connectivity index (χ2v) is 5.06. The third-order valence-electron chi connectivity index (χ3n) is 1.45. The van der Waals surface area contributed by atoms with Crippen molar-refractivity contribution in [2.24, 2.45) is 5.41 Å². The van der Waals surface area contributed by atoms with Crippen molar-refractivity contribution in [3.05, 3.63) is 11.3 Å². The Bertz CT molecular complexity index is 281. The maximum absolute atomic E-state index is 9.70. The monoisotopic (exact) mass is 215 g/mol. The van der Waals surface area contributed by atoms with Gasteiger partial charge in [-0.25, -0.2) is 0 Å². The highest BCUT2D eigenvalue weighted by Gasteiger charge is 2.22. The summed E-state index contributed by atoms with van der Waals surface area (Å²) in [5, 5.41) is 18.5. The fraction of sp³-hybridized carbons (Fsp3) is 0.556. The van der Waals surface area contributed by atoms with E-state index in [0.717, 1.165) is 0 Å². The van der Waals surface area contributed by atoms with Crippen molar-refractivity contribution in [1.82, 2.24) is 0 Å². The van der Waals surface area contributed by atoms with E-state index in [1.54, 1.807) is 6.26 Å². The van der Waals surface area contributed by atoms with E-state index < -0.39 is 5.41 Å². The molecule has 0 fully saturated rings. The number of aliphatic hydroxyl groups excluding tert-OH is 1. The lowest BCUT2D eigenvalue weighted by molar-refractivity contribution is 0.276. The number of hydrogen-bond donors (Lipinski definition) is 1. The van der Waals surface area contributed by atoms with Crippen molar-refractivity contribution >= 4 is 28.2 Å². The van der Waals surface area contributed by atoms with Crippen LogP contribution in [-0.4, -0.2) is 15.6 Å². The number of hydrogen-bond acceptors (Lipinski definition) is 4. The van der Waals surface area contributed by atoms with Crippen LogP contribution >= 0.6 is 24.0 Å². The largest absolute Gasteiger partial charge is 0.510 e. The second kappa shape index (κ2) is 4.64. The summed E-state index contributed by atoms with van der Waals surface area (Å²) in [4.78, 5) is 0. The van der Waals surface area contributed by atoms with Gasteiger partial charge in [0.25, 0.3) is 0 Å². The number of thiocarbonyl (C=S) groups is 1. The molecule has 0 aromatic heterocycles. The predicted octanol–water partition coefficient (Wildman–Crippen LogP) is 3.06. The Hall–Kier alpha value is -0.530. The average molecular weight is 215 g/mol. The lowest BCUT2D eigenvalue weighted by Gasteiger charge is -2.18. The molecular weight excluding hydrogens is 202 g/mol. The van der Waals surface area contributed by atoms with Crippen LogP contribution in [0, 0.1) is 16.7 Å². The van der Waals surface area contributed by atoms with E-state index in [4.69, 9.17) is 17.5 Å². The molecule has 0 unspecified atom stereocenters. The Morgan fingerprint density at radius 2 is 1.92 bits per heavy atom. The summed E-state index contributed by atoms with van der Waals surface area (Å²) in [6.07, 6.45) is 1.79. The summed E-state index contributed by atoms with van der Waals surface area (Å²) in [7, 11) is 0. The number of aliphatic hydroxyl groups is 1. The van der Waals surface area contributed by atoms with Gasteiger partial charge in [0.15, 0.2) is 0 Å². The first-order chi connectivity index (χ1) is 5.84. The number of thioether (sulfide) groups is 1. The summed E-state index contributed by atoms with van der Waals surface area (Å²) in [5.74, 6) is 0.0642. The zero-order chi connectivity index (χ0) is 10.6. The maximum Gasteiger partial charge on any atom is 0.117 e. The predicted molar refractivity (Wildman–Crippen MR) is 60.8 cm³/mol. The van der Waals surface area contributed by atoms with Crippen molar-refractivity contribution in [3.8, 4) is 6.07 Å². The minimum absolute atomic E-state index is 0.0642. The Morgan fingerprint density at radius 1 is 1.46 bits per heavy atom. The molecule has 0 aliphatic carbocycles. The smallest absolute Gasteiger partial charge is 0.117 e. The van der Waals surface area contributed by atoms with E-state index >= 15 is 0 Å². The molecule has 0 rings (SSSR count). The van der Waals surface area contributed by atoms with Gasteiger partial charge in [0.1, 0.15) is 17.4 Å². The van der Waals surface area contributed by atoms with Gasteiger partial charge in [-0.3, -0.25) is 0 Å². The molecule has 0 aromatic carbocycles. The van der Waals surface area contributed by atoms with Crippen LogP contribution in [0.15, 0.2) is 11.3 Å². The molecular formula is C9H13NOS2. The molecule has 4 heteroatoms. The van der Waals surface area contributed by atoms with E-state index in [2.05, 4.69) is 0 Å². The van der Waals surface area contributed by atoms with Gasteiger partial charge in [0.2, 0.25) is 0 Å². The first-order valence-electron chi connectivity index (χ1n) is 3.76. The molecule has 0 aliphatic rings. The molecule has 0 saturated carbocycles. The summed E-state index contributed by atoms with van der Waals surface area (Å²) >= 11 is 6.24. The normalized spacial score (nSPS) is 13.2. The van der Waals surface area contributed by atoms with Crippen molar-refractivity contribution in [1.29, 1.82) is 5.26 Å². The van der Waals surface area contributed by atoms with Crippen LogP contribution in [0.3, 0.4) is 0 Å². The minimum atomic E-state index is -0.426. The quantitative estimate of drug-likeness (QED) is 0.316. The summed E-state index contributed by atoms with van der Waals surface area (Å²) in [6, 6.07) is 1.93. The van der Waals surface area contributed by atoms with Crippen LogP contribution in [0.4, 0.5) is 0 Å². The lowest BCUT2D eigenvalue weighted by atomic mass is 9.91. The van der Waals surface area contributed by atoms with Crippen LogP contribution in [0.5, 0.6) is 0 Å². The number of nitrogens with zero attached hydrogens (tertiary/aromatic N) is 1. The maximum atomic E-state index is 9.70. The van der Waals surface area contributed by atoms with E-state index in [1.165, 1.54) is 11.8 Å². The van der Waals surface area contributed by atoms with Crippen molar-refractivity contribution < 1.29 is 5.11 Å². The van der Waals surface area contributed by atoms with E-state index in [1.807, 2.05) is 26.8 Å². The molecule has 0 aliphatic heterocycles. The van der Waals surface area contributed by atoms with Gasteiger partial charge >= 0.3 is 0 Å². The van der Waals surface area contributed by atoms with Gasteiger partial charge in [-0.05, 0) is 6.26 Å². The molecule has 0 radical (unpaired) electrons. The molecule has 0 bridgehead atoms. The first kappa shape index (κ1) is 12.5. The molecule has 0 amide bonds. The summed E-state index contributed by atoms with van der Waals surface area (Å²) in [5.41, 5.74) is -0.208. The van der Waals surface area contributed by atoms with Gasteiger partial charge in [-0.15, -0.1) is 11.8 Å². The zero-order valence-electron chi connectivity index (χ0n) is 8.21. The SMILES string of the molecule is CSC(=S)C(C#N)=C(O)C(C)(C)C. The number of nitriles is 1. The van der Waals surface area contributed by atoms with Crippen molar-refractivity contribution in [2.75, 3.05) is 6.26 Å². The van der Waals surface area contributed by atoms with Crippen LogP contribution in [0.2, 0.25) is 0 Å². The topological polar surface area (TPSA) is 44.0 Å². The number of rotatable bonds is 1. The molecule has 0 heterocycles. The van der Waals surface area contributed by atoms with Crippen LogP contribution in [0.1, 0.15) is 20.8 Å². The molecule has 2 nitrogen and oxygen atoms in total. The fourth-order valence-electron chi connectivity index (χ4n) is 0.672. The molecule has 0 spiro atoms. The Kier molecular flexibility index (Phi) is 4.45. The molecule has 72 valence electrons. The van der Waals surface area contributed by atoms with Crippen LogP contribution in [-0.2, 0) is 0 Å². The third-order valence-corrected chi connectivity index (χ3v) is 2.73. The van der Waals surface area contributed by atoms with Gasteiger partial charge < -0.3 is 5.11 Å². The van der Waals surface area contributed by atoms with E-state index in [9.17, 15) is 5.11 Å². The number of allylic oxidation sites excluding steroid dienone is 1. The van der Waals surface area contributed by atoms with E-state index in [0.29, 0.717) is 4.20 Å². The molecule has 0 aromatic rings. The summed E-state index contributed by atoms with van der Waals surface area (Å²) < 4.78 is 0.440. The Balaban J connectivity index is 5.18. The minimum Gasteiger partial charge on any atom is -0.510 e.